The minimum absolute atomic E-state index is 0.280. The Balaban J connectivity index is 2.60. The highest BCUT2D eigenvalue weighted by Crippen LogP contribution is 2.12. The molecule has 76 valence electrons. The van der Waals surface area contributed by atoms with Crippen LogP contribution in [0.4, 0.5) is 0 Å². The zero-order chi connectivity index (χ0) is 10.6. The molecule has 0 fully saturated rings. The van der Waals surface area contributed by atoms with Gasteiger partial charge in [0.2, 0.25) is 0 Å². The molecule has 3 nitrogen and oxygen atoms in total. The second-order valence-electron chi connectivity index (χ2n) is 3.53. The molecular weight excluding hydrogens is 180 g/mol. The van der Waals surface area contributed by atoms with Crippen LogP contribution in [0.3, 0.4) is 0 Å². The molecule has 1 rings (SSSR count). The zero-order valence-corrected chi connectivity index (χ0v) is 8.36. The van der Waals surface area contributed by atoms with Crippen LogP contribution in [-0.4, -0.2) is 17.7 Å². The molecule has 0 aliphatic rings. The minimum atomic E-state index is -0.916. The van der Waals surface area contributed by atoms with Gasteiger partial charge in [-0.1, -0.05) is 13.8 Å². The van der Waals surface area contributed by atoms with E-state index in [4.69, 9.17) is 9.84 Å². The number of ether oxygens (including phenoxy) is 1. The second-order valence-corrected chi connectivity index (χ2v) is 3.53. The molecule has 0 aliphatic carbocycles. The number of hydrogen-bond donors (Lipinski definition) is 1. The first-order chi connectivity index (χ1) is 6.59. The van der Waals surface area contributed by atoms with Gasteiger partial charge in [0.1, 0.15) is 5.75 Å². The molecule has 14 heavy (non-hydrogen) atoms. The Kier molecular flexibility index (Phi) is 3.51. The molecule has 0 spiro atoms. The van der Waals surface area contributed by atoms with Gasteiger partial charge in [-0.3, -0.25) is 0 Å². The SMILES string of the molecule is CC(C)COc1ccc(C(=O)O)cc1. The van der Waals surface area contributed by atoms with Crippen LogP contribution < -0.4 is 4.74 Å². The van der Waals surface area contributed by atoms with Crippen molar-refractivity contribution >= 4 is 5.97 Å². The van der Waals surface area contributed by atoms with Gasteiger partial charge in [0.15, 0.2) is 0 Å². The Morgan fingerprint density at radius 3 is 2.36 bits per heavy atom. The van der Waals surface area contributed by atoms with Crippen LogP contribution in [-0.2, 0) is 0 Å². The van der Waals surface area contributed by atoms with Crippen LogP contribution >= 0.6 is 0 Å². The van der Waals surface area contributed by atoms with Crippen molar-refractivity contribution in [2.24, 2.45) is 5.92 Å². The summed E-state index contributed by atoms with van der Waals surface area (Å²) in [6, 6.07) is 6.42. The van der Waals surface area contributed by atoms with E-state index in [1.54, 1.807) is 12.1 Å². The molecule has 3 heteroatoms. The maximum absolute atomic E-state index is 10.5. The largest absolute Gasteiger partial charge is 0.493 e. The summed E-state index contributed by atoms with van der Waals surface area (Å²) in [5, 5.41) is 8.65. The summed E-state index contributed by atoms with van der Waals surface area (Å²) < 4.78 is 5.41. The van der Waals surface area contributed by atoms with Gasteiger partial charge in [-0.2, -0.15) is 0 Å². The molecule has 0 saturated heterocycles. The van der Waals surface area contributed by atoms with E-state index in [-0.39, 0.29) is 5.56 Å². The molecule has 0 heterocycles. The fourth-order valence-electron chi connectivity index (χ4n) is 0.957. The van der Waals surface area contributed by atoms with Crippen LogP contribution in [0.25, 0.3) is 0 Å². The van der Waals surface area contributed by atoms with Gasteiger partial charge in [0, 0.05) is 0 Å². The summed E-state index contributed by atoms with van der Waals surface area (Å²) in [7, 11) is 0. The van der Waals surface area contributed by atoms with Crippen LogP contribution in [0.5, 0.6) is 5.75 Å². The van der Waals surface area contributed by atoms with Crippen molar-refractivity contribution in [2.45, 2.75) is 13.8 Å². The van der Waals surface area contributed by atoms with Gasteiger partial charge in [-0.05, 0) is 30.2 Å². The van der Waals surface area contributed by atoms with Gasteiger partial charge in [0.05, 0.1) is 12.2 Å². The average Bonchev–Trinajstić information content (AvgIpc) is 2.15. The van der Waals surface area contributed by atoms with E-state index < -0.39 is 5.97 Å². The zero-order valence-electron chi connectivity index (χ0n) is 8.36. The highest BCUT2D eigenvalue weighted by Gasteiger charge is 2.02. The van der Waals surface area contributed by atoms with Gasteiger partial charge >= 0.3 is 5.97 Å². The van der Waals surface area contributed by atoms with E-state index in [1.165, 1.54) is 12.1 Å². The lowest BCUT2D eigenvalue weighted by atomic mass is 10.2. The smallest absolute Gasteiger partial charge is 0.335 e. The van der Waals surface area contributed by atoms with E-state index in [9.17, 15) is 4.79 Å². The fourth-order valence-corrected chi connectivity index (χ4v) is 0.957. The molecule has 0 aliphatic heterocycles. The van der Waals surface area contributed by atoms with Crippen LogP contribution in [0, 0.1) is 5.92 Å². The maximum atomic E-state index is 10.5. The Morgan fingerprint density at radius 2 is 1.93 bits per heavy atom. The second kappa shape index (κ2) is 4.65. The van der Waals surface area contributed by atoms with Gasteiger partial charge in [-0.25, -0.2) is 4.79 Å². The van der Waals surface area contributed by atoms with E-state index in [0.717, 1.165) is 0 Å². The number of aromatic carboxylic acids is 1. The first-order valence-electron chi connectivity index (χ1n) is 4.55. The molecule has 0 amide bonds. The Morgan fingerprint density at radius 1 is 1.36 bits per heavy atom. The molecule has 1 N–H and O–H groups in total. The summed E-state index contributed by atoms with van der Waals surface area (Å²) >= 11 is 0. The van der Waals surface area contributed by atoms with Crippen molar-refractivity contribution < 1.29 is 14.6 Å². The average molecular weight is 194 g/mol. The summed E-state index contributed by atoms with van der Waals surface area (Å²) in [5.74, 6) is 0.262. The lowest BCUT2D eigenvalue weighted by Gasteiger charge is -2.08. The molecule has 0 aromatic heterocycles. The van der Waals surface area contributed by atoms with Crippen molar-refractivity contribution in [1.29, 1.82) is 0 Å². The first-order valence-corrected chi connectivity index (χ1v) is 4.55. The van der Waals surface area contributed by atoms with Crippen LogP contribution in [0.2, 0.25) is 0 Å². The van der Waals surface area contributed by atoms with Crippen molar-refractivity contribution in [3.05, 3.63) is 29.8 Å². The number of carboxylic acid groups (broad SMARTS) is 1. The van der Waals surface area contributed by atoms with Gasteiger partial charge in [-0.15, -0.1) is 0 Å². The van der Waals surface area contributed by atoms with E-state index >= 15 is 0 Å². The molecule has 1 aromatic rings. The molecule has 1 aromatic carbocycles. The topological polar surface area (TPSA) is 46.5 Å². The Labute approximate surface area is 83.3 Å². The quantitative estimate of drug-likeness (QED) is 0.800. The van der Waals surface area contributed by atoms with Gasteiger partial charge in [0.25, 0.3) is 0 Å². The molecule has 0 bridgehead atoms. The summed E-state index contributed by atoms with van der Waals surface area (Å²) in [6.45, 7) is 4.77. The molecule has 0 saturated carbocycles. The predicted molar refractivity (Wildman–Crippen MR) is 53.7 cm³/mol. The standard InChI is InChI=1S/C11H14O3/c1-8(2)7-14-10-5-3-9(4-6-10)11(12)13/h3-6,8H,7H2,1-2H3,(H,12,13). The van der Waals surface area contributed by atoms with Crippen molar-refractivity contribution in [3.8, 4) is 5.75 Å². The Hall–Kier alpha value is -1.51. The molecule has 0 unspecified atom stereocenters. The normalized spacial score (nSPS) is 10.2. The summed E-state index contributed by atoms with van der Waals surface area (Å²) in [4.78, 5) is 10.5. The Bertz CT molecular complexity index is 301. The highest BCUT2D eigenvalue weighted by atomic mass is 16.5. The predicted octanol–water partition coefficient (Wildman–Crippen LogP) is 2.42. The van der Waals surface area contributed by atoms with Gasteiger partial charge < -0.3 is 9.84 Å². The lowest BCUT2D eigenvalue weighted by molar-refractivity contribution is 0.0697. The van der Waals surface area contributed by atoms with E-state index in [1.807, 2.05) is 0 Å². The molecule has 0 atom stereocenters. The molecule has 0 radical (unpaired) electrons. The lowest BCUT2D eigenvalue weighted by Crippen LogP contribution is -2.04. The number of carbonyl (C=O) groups is 1. The van der Waals surface area contributed by atoms with E-state index in [2.05, 4.69) is 13.8 Å². The monoisotopic (exact) mass is 194 g/mol. The van der Waals surface area contributed by atoms with E-state index in [0.29, 0.717) is 18.3 Å². The number of rotatable bonds is 4. The third-order valence-electron chi connectivity index (χ3n) is 1.68. The van der Waals surface area contributed by atoms with Crippen LogP contribution in [0.15, 0.2) is 24.3 Å². The number of carboxylic acids is 1. The summed E-state index contributed by atoms with van der Waals surface area (Å²) in [6.07, 6.45) is 0. The third kappa shape index (κ3) is 3.09. The van der Waals surface area contributed by atoms with Crippen molar-refractivity contribution in [2.75, 3.05) is 6.61 Å². The number of benzene rings is 1. The molecular formula is C11H14O3. The highest BCUT2D eigenvalue weighted by molar-refractivity contribution is 5.87. The number of hydrogen-bond acceptors (Lipinski definition) is 2. The fraction of sp³-hybridized carbons (Fsp3) is 0.364. The van der Waals surface area contributed by atoms with Crippen LogP contribution in [0.1, 0.15) is 24.2 Å². The maximum Gasteiger partial charge on any atom is 0.335 e. The first kappa shape index (κ1) is 10.6. The third-order valence-corrected chi connectivity index (χ3v) is 1.68. The summed E-state index contributed by atoms with van der Waals surface area (Å²) in [5.41, 5.74) is 0.280. The minimum Gasteiger partial charge on any atom is -0.493 e. The van der Waals surface area contributed by atoms with Crippen molar-refractivity contribution in [3.63, 3.8) is 0 Å². The van der Waals surface area contributed by atoms with Crippen molar-refractivity contribution in [1.82, 2.24) is 0 Å².